The van der Waals surface area contributed by atoms with Crippen LogP contribution in [0.1, 0.15) is 33.3 Å². The third-order valence-corrected chi connectivity index (χ3v) is 2.26. The number of esters is 1. The van der Waals surface area contributed by atoms with Gasteiger partial charge in [0.2, 0.25) is 0 Å². The highest BCUT2D eigenvalue weighted by atomic mass is 16.5. The van der Waals surface area contributed by atoms with E-state index in [0.717, 1.165) is 5.56 Å². The summed E-state index contributed by atoms with van der Waals surface area (Å²) >= 11 is 0. The topological polar surface area (TPSA) is 35.5 Å². The van der Waals surface area contributed by atoms with Crippen LogP contribution in [0.15, 0.2) is 36.1 Å². The third-order valence-electron chi connectivity index (χ3n) is 2.26. The fraction of sp³-hybridized carbons (Fsp3) is 0.400. The number of methoxy groups -OCH3 is 1. The molecular weight excluding hydrogens is 228 g/mol. The molecule has 0 aliphatic carbocycles. The van der Waals surface area contributed by atoms with Crippen LogP contribution in [0.3, 0.4) is 0 Å². The molecule has 0 unspecified atom stereocenters. The molecule has 0 atom stereocenters. The lowest BCUT2D eigenvalue weighted by molar-refractivity contribution is -0.133. The van der Waals surface area contributed by atoms with E-state index in [2.05, 4.69) is 0 Å². The van der Waals surface area contributed by atoms with E-state index in [1.54, 1.807) is 6.92 Å². The molecule has 0 heterocycles. The van der Waals surface area contributed by atoms with Crippen LogP contribution in [0.2, 0.25) is 0 Å². The summed E-state index contributed by atoms with van der Waals surface area (Å²) in [5.41, 5.74) is 0.914. The molecule has 0 N–H and O–H groups in total. The second-order valence-corrected chi connectivity index (χ2v) is 5.00. The molecule has 0 aliphatic heterocycles. The number of hydrogen-bond acceptors (Lipinski definition) is 3. The van der Waals surface area contributed by atoms with E-state index in [9.17, 15) is 4.79 Å². The molecule has 18 heavy (non-hydrogen) atoms. The van der Waals surface area contributed by atoms with Crippen LogP contribution in [-0.2, 0) is 14.3 Å². The van der Waals surface area contributed by atoms with Crippen LogP contribution in [0, 0.1) is 0 Å². The highest BCUT2D eigenvalue weighted by molar-refractivity contribution is 6.17. The zero-order chi connectivity index (χ0) is 13.8. The molecule has 0 fully saturated rings. The van der Waals surface area contributed by atoms with Gasteiger partial charge in [0.25, 0.3) is 0 Å². The third kappa shape index (κ3) is 3.91. The summed E-state index contributed by atoms with van der Waals surface area (Å²) in [7, 11) is 1.37. The van der Waals surface area contributed by atoms with Crippen molar-refractivity contribution in [3.8, 4) is 0 Å². The SMILES string of the molecule is COC(=O)/C(=C(/C)OC(C)(C)C)c1ccccc1. The second kappa shape index (κ2) is 5.71. The summed E-state index contributed by atoms with van der Waals surface area (Å²) in [4.78, 5) is 11.9. The van der Waals surface area contributed by atoms with Crippen LogP contribution >= 0.6 is 0 Å². The molecule has 98 valence electrons. The number of rotatable bonds is 3. The number of ether oxygens (including phenoxy) is 2. The first kappa shape index (κ1) is 14.3. The van der Waals surface area contributed by atoms with E-state index in [1.165, 1.54) is 7.11 Å². The maximum Gasteiger partial charge on any atom is 0.341 e. The van der Waals surface area contributed by atoms with Crippen molar-refractivity contribution in [2.45, 2.75) is 33.3 Å². The first-order chi connectivity index (χ1) is 8.35. The van der Waals surface area contributed by atoms with Gasteiger partial charge in [-0.2, -0.15) is 0 Å². The molecule has 3 nitrogen and oxygen atoms in total. The van der Waals surface area contributed by atoms with Gasteiger partial charge in [0, 0.05) is 0 Å². The standard InChI is InChI=1S/C15H20O3/c1-11(18-15(2,3)4)13(14(16)17-5)12-9-7-6-8-10-12/h6-10H,1-5H3/b13-11-. The van der Waals surface area contributed by atoms with Crippen LogP contribution in [0.4, 0.5) is 0 Å². The number of carbonyl (C=O) groups excluding carboxylic acids is 1. The maximum atomic E-state index is 11.9. The lowest BCUT2D eigenvalue weighted by atomic mass is 10.0. The van der Waals surface area contributed by atoms with Gasteiger partial charge in [-0.25, -0.2) is 4.79 Å². The van der Waals surface area contributed by atoms with Crippen LogP contribution in [0.25, 0.3) is 5.57 Å². The zero-order valence-electron chi connectivity index (χ0n) is 11.6. The molecule has 3 heteroatoms. The Morgan fingerprint density at radius 3 is 2.11 bits per heavy atom. The first-order valence-electron chi connectivity index (χ1n) is 5.89. The number of benzene rings is 1. The van der Waals surface area contributed by atoms with E-state index in [-0.39, 0.29) is 11.6 Å². The number of allylic oxidation sites excluding steroid dienone is 1. The Labute approximate surface area is 108 Å². The summed E-state index contributed by atoms with van der Waals surface area (Å²) < 4.78 is 10.6. The van der Waals surface area contributed by atoms with Crippen molar-refractivity contribution < 1.29 is 14.3 Å². The lowest BCUT2D eigenvalue weighted by Gasteiger charge is -2.23. The molecule has 0 aromatic heterocycles. The highest BCUT2D eigenvalue weighted by Gasteiger charge is 2.20. The van der Waals surface area contributed by atoms with Crippen molar-refractivity contribution >= 4 is 11.5 Å². The molecule has 0 aliphatic rings. The molecule has 0 saturated heterocycles. The fourth-order valence-electron chi connectivity index (χ4n) is 1.68. The molecule has 0 bridgehead atoms. The summed E-state index contributed by atoms with van der Waals surface area (Å²) in [5.74, 6) is 0.184. The van der Waals surface area contributed by atoms with E-state index in [1.807, 2.05) is 51.1 Å². The summed E-state index contributed by atoms with van der Waals surface area (Å²) in [6, 6.07) is 9.38. The molecule has 0 amide bonds. The largest absolute Gasteiger partial charge is 0.492 e. The van der Waals surface area contributed by atoms with E-state index in [4.69, 9.17) is 9.47 Å². The Morgan fingerprint density at radius 1 is 1.11 bits per heavy atom. The molecule has 1 aromatic rings. The summed E-state index contributed by atoms with van der Waals surface area (Å²) in [6.07, 6.45) is 0. The van der Waals surface area contributed by atoms with Crippen molar-refractivity contribution in [3.05, 3.63) is 41.7 Å². The summed E-state index contributed by atoms with van der Waals surface area (Å²) in [5, 5.41) is 0. The Kier molecular flexibility index (Phi) is 4.54. The van der Waals surface area contributed by atoms with Gasteiger partial charge in [-0.15, -0.1) is 0 Å². The predicted octanol–water partition coefficient (Wildman–Crippen LogP) is 3.41. The van der Waals surface area contributed by atoms with Crippen molar-refractivity contribution in [3.63, 3.8) is 0 Å². The van der Waals surface area contributed by atoms with Gasteiger partial charge in [0.05, 0.1) is 7.11 Å². The van der Waals surface area contributed by atoms with E-state index >= 15 is 0 Å². The van der Waals surface area contributed by atoms with Gasteiger partial charge in [-0.1, -0.05) is 30.3 Å². The Balaban J connectivity index is 3.22. The minimum atomic E-state index is -0.386. The van der Waals surface area contributed by atoms with Gasteiger partial charge in [0.1, 0.15) is 16.9 Å². The smallest absolute Gasteiger partial charge is 0.341 e. The molecule has 0 saturated carbocycles. The monoisotopic (exact) mass is 248 g/mol. The van der Waals surface area contributed by atoms with Crippen LogP contribution in [-0.4, -0.2) is 18.7 Å². The Hall–Kier alpha value is -1.77. The second-order valence-electron chi connectivity index (χ2n) is 5.00. The predicted molar refractivity (Wildman–Crippen MR) is 71.9 cm³/mol. The molecule has 0 spiro atoms. The quantitative estimate of drug-likeness (QED) is 0.467. The van der Waals surface area contributed by atoms with E-state index in [0.29, 0.717) is 11.3 Å². The van der Waals surface area contributed by atoms with Gasteiger partial charge < -0.3 is 9.47 Å². The van der Waals surface area contributed by atoms with E-state index < -0.39 is 0 Å². The van der Waals surface area contributed by atoms with Crippen LogP contribution in [0.5, 0.6) is 0 Å². The maximum absolute atomic E-state index is 11.9. The van der Waals surface area contributed by atoms with Crippen molar-refractivity contribution in [1.82, 2.24) is 0 Å². The molecule has 1 aromatic carbocycles. The Morgan fingerprint density at radius 2 is 1.67 bits per heavy atom. The zero-order valence-corrected chi connectivity index (χ0v) is 11.6. The molecular formula is C15H20O3. The van der Waals surface area contributed by atoms with Gasteiger partial charge in [-0.05, 0) is 33.3 Å². The lowest BCUT2D eigenvalue weighted by Crippen LogP contribution is -2.20. The van der Waals surface area contributed by atoms with Crippen LogP contribution < -0.4 is 0 Å². The van der Waals surface area contributed by atoms with Crippen molar-refractivity contribution in [2.24, 2.45) is 0 Å². The first-order valence-corrected chi connectivity index (χ1v) is 5.89. The highest BCUT2D eigenvalue weighted by Crippen LogP contribution is 2.24. The number of carbonyl (C=O) groups is 1. The van der Waals surface area contributed by atoms with Gasteiger partial charge in [-0.3, -0.25) is 0 Å². The normalized spacial score (nSPS) is 12.7. The Bertz CT molecular complexity index is 439. The van der Waals surface area contributed by atoms with Crippen molar-refractivity contribution in [1.29, 1.82) is 0 Å². The van der Waals surface area contributed by atoms with Crippen molar-refractivity contribution in [2.75, 3.05) is 7.11 Å². The molecule has 0 radical (unpaired) electrons. The number of hydrogen-bond donors (Lipinski definition) is 0. The minimum absolute atomic E-state index is 0.349. The fourth-order valence-corrected chi connectivity index (χ4v) is 1.68. The van der Waals surface area contributed by atoms with Gasteiger partial charge in [0.15, 0.2) is 0 Å². The minimum Gasteiger partial charge on any atom is -0.492 e. The average molecular weight is 248 g/mol. The summed E-state index contributed by atoms with van der Waals surface area (Å²) in [6.45, 7) is 7.60. The van der Waals surface area contributed by atoms with Gasteiger partial charge >= 0.3 is 5.97 Å². The molecule has 1 rings (SSSR count). The average Bonchev–Trinajstić information content (AvgIpc) is 2.28.